The minimum Gasteiger partial charge on any atom is -0.376 e. The van der Waals surface area contributed by atoms with Crippen molar-refractivity contribution in [2.45, 2.75) is 46.9 Å². The number of nitrogens with one attached hydrogen (secondary N) is 1. The van der Waals surface area contributed by atoms with E-state index in [9.17, 15) is 4.79 Å². The molecule has 2 aliphatic heterocycles. The predicted molar refractivity (Wildman–Crippen MR) is 126 cm³/mol. The van der Waals surface area contributed by atoms with Crippen LogP contribution in [0.3, 0.4) is 0 Å². The van der Waals surface area contributed by atoms with Crippen LogP contribution in [0.5, 0.6) is 0 Å². The summed E-state index contributed by atoms with van der Waals surface area (Å²) >= 11 is 0. The molecular weight excluding hydrogens is 416 g/mol. The van der Waals surface area contributed by atoms with Crippen LogP contribution in [0.25, 0.3) is 11.3 Å². The molecule has 0 saturated carbocycles. The summed E-state index contributed by atoms with van der Waals surface area (Å²) in [4.78, 5) is 17.4. The largest absolute Gasteiger partial charge is 0.376 e. The van der Waals surface area contributed by atoms with Crippen LogP contribution in [0.2, 0.25) is 0 Å². The highest BCUT2D eigenvalue weighted by atomic mass is 16.5. The Morgan fingerprint density at radius 3 is 2.70 bits per heavy atom. The second-order valence-electron chi connectivity index (χ2n) is 9.02. The van der Waals surface area contributed by atoms with Gasteiger partial charge in [0.25, 0.3) is 5.91 Å². The molecule has 0 unspecified atom stereocenters. The summed E-state index contributed by atoms with van der Waals surface area (Å²) in [6.45, 7) is 12.5. The molecule has 2 aromatic heterocycles. The summed E-state index contributed by atoms with van der Waals surface area (Å²) in [5.74, 6) is 0.0123. The van der Waals surface area contributed by atoms with E-state index in [-0.39, 0.29) is 5.91 Å². The second kappa shape index (κ2) is 9.11. The molecule has 0 radical (unpaired) electrons. The molecule has 0 atom stereocenters. The van der Waals surface area contributed by atoms with Gasteiger partial charge >= 0.3 is 0 Å². The van der Waals surface area contributed by atoms with Gasteiger partial charge in [-0.3, -0.25) is 19.5 Å². The minimum atomic E-state index is 0.0123. The Hall–Kier alpha value is -2.97. The van der Waals surface area contributed by atoms with Gasteiger partial charge in [-0.2, -0.15) is 10.2 Å². The van der Waals surface area contributed by atoms with E-state index in [2.05, 4.69) is 58.7 Å². The van der Waals surface area contributed by atoms with Crippen molar-refractivity contribution >= 4 is 5.91 Å². The quantitative estimate of drug-likeness (QED) is 0.649. The van der Waals surface area contributed by atoms with E-state index in [0.717, 1.165) is 56.2 Å². The molecule has 0 bridgehead atoms. The Kier molecular flexibility index (Phi) is 6.03. The van der Waals surface area contributed by atoms with Crippen molar-refractivity contribution in [3.8, 4) is 11.3 Å². The fraction of sp³-hybridized carbons (Fsp3) is 0.480. The summed E-state index contributed by atoms with van der Waals surface area (Å²) in [6.07, 6.45) is 0.937. The molecule has 33 heavy (non-hydrogen) atoms. The average molecular weight is 449 g/mol. The monoisotopic (exact) mass is 448 g/mol. The first kappa shape index (κ1) is 21.9. The number of carbonyl (C=O) groups excluding carboxylic acids is 1. The molecule has 1 aromatic carbocycles. The molecule has 0 aliphatic carbocycles. The van der Waals surface area contributed by atoms with Gasteiger partial charge in [0, 0.05) is 62.5 Å². The number of piperazine rings is 1. The zero-order valence-corrected chi connectivity index (χ0v) is 19.7. The maximum Gasteiger partial charge on any atom is 0.271 e. The van der Waals surface area contributed by atoms with Crippen molar-refractivity contribution in [3.63, 3.8) is 0 Å². The van der Waals surface area contributed by atoms with E-state index in [4.69, 9.17) is 9.84 Å². The number of ether oxygens (including phenoxy) is 1. The Balaban J connectivity index is 1.21. The van der Waals surface area contributed by atoms with Crippen molar-refractivity contribution in [3.05, 3.63) is 58.0 Å². The predicted octanol–water partition coefficient (Wildman–Crippen LogP) is 2.94. The third kappa shape index (κ3) is 4.32. The van der Waals surface area contributed by atoms with Gasteiger partial charge in [0.2, 0.25) is 0 Å². The van der Waals surface area contributed by atoms with Crippen molar-refractivity contribution in [2.24, 2.45) is 0 Å². The van der Waals surface area contributed by atoms with Gasteiger partial charge in [-0.15, -0.1) is 0 Å². The molecule has 3 aromatic rings. The summed E-state index contributed by atoms with van der Waals surface area (Å²) < 4.78 is 7.82. The maximum absolute atomic E-state index is 13.1. The van der Waals surface area contributed by atoms with E-state index in [1.165, 1.54) is 22.4 Å². The first-order valence-electron chi connectivity index (χ1n) is 11.8. The van der Waals surface area contributed by atoms with Gasteiger partial charge in [0.15, 0.2) is 0 Å². The number of amides is 1. The first-order chi connectivity index (χ1) is 16.0. The Labute approximate surface area is 194 Å². The molecule has 5 rings (SSSR count). The summed E-state index contributed by atoms with van der Waals surface area (Å²) in [6, 6.07) is 8.12. The number of H-pyrrole nitrogens is 1. The van der Waals surface area contributed by atoms with Crippen LogP contribution in [0.4, 0.5) is 0 Å². The number of aromatic amines is 1. The summed E-state index contributed by atoms with van der Waals surface area (Å²) in [5, 5.41) is 12.2. The molecular formula is C25H32N6O2. The van der Waals surface area contributed by atoms with Crippen LogP contribution in [0, 0.1) is 13.8 Å². The highest BCUT2D eigenvalue weighted by Gasteiger charge is 2.26. The smallest absolute Gasteiger partial charge is 0.271 e. The van der Waals surface area contributed by atoms with Gasteiger partial charge in [-0.25, -0.2) is 0 Å². The van der Waals surface area contributed by atoms with Crippen LogP contribution in [0.15, 0.2) is 24.3 Å². The van der Waals surface area contributed by atoms with Crippen molar-refractivity contribution in [1.29, 1.82) is 0 Å². The Morgan fingerprint density at radius 1 is 1.12 bits per heavy atom. The van der Waals surface area contributed by atoms with E-state index in [1.54, 1.807) is 0 Å². The van der Waals surface area contributed by atoms with E-state index in [1.807, 2.05) is 11.0 Å². The number of rotatable bonds is 5. The normalized spacial score (nSPS) is 16.8. The van der Waals surface area contributed by atoms with Crippen molar-refractivity contribution in [2.75, 3.05) is 32.8 Å². The lowest BCUT2D eigenvalue weighted by Crippen LogP contribution is -2.48. The topological polar surface area (TPSA) is 79.3 Å². The standard InChI is InChI=1S/C25H32N6O2/c1-4-31-24-7-12-33-16-20(24)23(28-31)15-29-8-10-30(11-9-29)25(32)22-14-21(26-27-22)19-6-5-17(2)18(3)13-19/h5-6,13-14H,4,7-12,15-16H2,1-3H3,(H,26,27). The molecule has 8 nitrogen and oxygen atoms in total. The number of aromatic nitrogens is 4. The van der Waals surface area contributed by atoms with Crippen LogP contribution in [0.1, 0.15) is 45.5 Å². The molecule has 4 heterocycles. The average Bonchev–Trinajstić information content (AvgIpc) is 3.47. The Morgan fingerprint density at radius 2 is 1.94 bits per heavy atom. The van der Waals surface area contributed by atoms with Gasteiger partial charge in [-0.1, -0.05) is 12.1 Å². The number of aryl methyl sites for hydroxylation is 3. The number of carbonyl (C=O) groups is 1. The fourth-order valence-corrected chi connectivity index (χ4v) is 4.74. The van der Waals surface area contributed by atoms with Crippen LogP contribution >= 0.6 is 0 Å². The Bertz CT molecular complexity index is 1160. The maximum atomic E-state index is 13.1. The third-order valence-corrected chi connectivity index (χ3v) is 6.92. The molecule has 1 saturated heterocycles. The number of hydrogen-bond acceptors (Lipinski definition) is 5. The second-order valence-corrected chi connectivity index (χ2v) is 9.02. The molecule has 1 N–H and O–H groups in total. The number of nitrogens with zero attached hydrogens (tertiary/aromatic N) is 5. The number of benzene rings is 1. The number of fused-ring (bicyclic) bond motifs is 1. The highest BCUT2D eigenvalue weighted by molar-refractivity contribution is 5.93. The van der Waals surface area contributed by atoms with E-state index >= 15 is 0 Å². The van der Waals surface area contributed by atoms with Crippen LogP contribution in [-0.4, -0.2) is 68.5 Å². The van der Waals surface area contributed by atoms with Crippen LogP contribution < -0.4 is 0 Å². The third-order valence-electron chi connectivity index (χ3n) is 6.92. The minimum absolute atomic E-state index is 0.0123. The molecule has 2 aliphatic rings. The molecule has 8 heteroatoms. The molecule has 0 spiro atoms. The van der Waals surface area contributed by atoms with Crippen molar-refractivity contribution < 1.29 is 9.53 Å². The van der Waals surface area contributed by atoms with Gasteiger partial charge in [-0.05, 0) is 44.0 Å². The molecule has 1 fully saturated rings. The van der Waals surface area contributed by atoms with Gasteiger partial charge in [0.05, 0.1) is 24.6 Å². The zero-order chi connectivity index (χ0) is 22.9. The van der Waals surface area contributed by atoms with E-state index in [0.29, 0.717) is 25.4 Å². The highest BCUT2D eigenvalue weighted by Crippen LogP contribution is 2.24. The van der Waals surface area contributed by atoms with Crippen molar-refractivity contribution in [1.82, 2.24) is 29.8 Å². The fourth-order valence-electron chi connectivity index (χ4n) is 4.74. The lowest BCUT2D eigenvalue weighted by Gasteiger charge is -2.34. The zero-order valence-electron chi connectivity index (χ0n) is 19.7. The first-order valence-corrected chi connectivity index (χ1v) is 11.8. The van der Waals surface area contributed by atoms with E-state index < -0.39 is 0 Å². The lowest BCUT2D eigenvalue weighted by atomic mass is 10.0. The summed E-state index contributed by atoms with van der Waals surface area (Å²) in [7, 11) is 0. The summed E-state index contributed by atoms with van der Waals surface area (Å²) in [5.41, 5.74) is 8.55. The van der Waals surface area contributed by atoms with Gasteiger partial charge < -0.3 is 9.64 Å². The molecule has 1 amide bonds. The van der Waals surface area contributed by atoms with Gasteiger partial charge in [0.1, 0.15) is 5.69 Å². The number of hydrogen-bond donors (Lipinski definition) is 1. The molecule has 174 valence electrons. The lowest BCUT2D eigenvalue weighted by molar-refractivity contribution is 0.0619. The SMILES string of the molecule is CCn1nc(CN2CCN(C(=O)c3cc(-c4ccc(C)c(C)c4)n[nH]3)CC2)c2c1CCOC2. The van der Waals surface area contributed by atoms with Crippen LogP contribution in [-0.2, 0) is 30.9 Å².